The third-order valence-corrected chi connectivity index (χ3v) is 4.83. The van der Waals surface area contributed by atoms with Gasteiger partial charge >= 0.3 is 5.97 Å². The molecule has 13 heteroatoms. The molecule has 1 aromatic heterocycles. The van der Waals surface area contributed by atoms with E-state index in [4.69, 9.17) is 5.73 Å². The van der Waals surface area contributed by atoms with Gasteiger partial charge in [-0.15, -0.1) is 0 Å². The summed E-state index contributed by atoms with van der Waals surface area (Å²) < 4.78 is 0. The topological polar surface area (TPSA) is 220 Å². The number of aromatic nitrogens is 2. The Kier molecular flexibility index (Phi) is 9.52. The summed E-state index contributed by atoms with van der Waals surface area (Å²) in [4.78, 5) is 55.8. The quantitative estimate of drug-likeness (QED) is 0.166. The number of nitrogens with two attached hydrogens (primary N) is 1. The number of aromatic hydroxyl groups is 1. The first-order valence-corrected chi connectivity index (χ1v) is 10.4. The number of hydrogen-bond donors (Lipinski definition) is 8. The molecule has 13 nitrogen and oxygen atoms in total. The molecule has 0 bridgehead atoms. The van der Waals surface area contributed by atoms with Gasteiger partial charge in [0.25, 0.3) is 0 Å². The van der Waals surface area contributed by atoms with Gasteiger partial charge in [0.1, 0.15) is 23.9 Å². The van der Waals surface area contributed by atoms with Crippen molar-refractivity contribution in [3.8, 4) is 5.75 Å². The Hall–Kier alpha value is -3.97. The number of hydrogen-bond acceptors (Lipinski definition) is 8. The van der Waals surface area contributed by atoms with E-state index in [0.717, 1.165) is 0 Å². The second-order valence-corrected chi connectivity index (χ2v) is 7.64. The smallest absolute Gasteiger partial charge is 0.326 e. The number of phenols is 1. The van der Waals surface area contributed by atoms with Crippen LogP contribution in [0.4, 0.5) is 0 Å². The Balaban J connectivity index is 2.20. The third kappa shape index (κ3) is 7.86. The van der Waals surface area contributed by atoms with E-state index in [-0.39, 0.29) is 18.6 Å². The molecule has 1 aromatic carbocycles. The van der Waals surface area contributed by atoms with Crippen molar-refractivity contribution in [2.24, 2.45) is 5.73 Å². The molecule has 184 valence electrons. The summed E-state index contributed by atoms with van der Waals surface area (Å²) in [5.41, 5.74) is 6.50. The molecule has 4 unspecified atom stereocenters. The molecule has 34 heavy (non-hydrogen) atoms. The molecule has 0 aliphatic heterocycles. The molecule has 0 aliphatic carbocycles. The van der Waals surface area contributed by atoms with Crippen molar-refractivity contribution in [2.45, 2.75) is 43.9 Å². The number of carboxylic acid groups (broad SMARTS) is 1. The molecule has 9 N–H and O–H groups in total. The van der Waals surface area contributed by atoms with Gasteiger partial charge in [0, 0.05) is 24.7 Å². The maximum atomic E-state index is 13.0. The zero-order valence-corrected chi connectivity index (χ0v) is 18.4. The first-order chi connectivity index (χ1) is 16.1. The maximum absolute atomic E-state index is 13.0. The minimum atomic E-state index is -1.38. The Bertz CT molecular complexity index is 978. The van der Waals surface area contributed by atoms with Crippen LogP contribution in [0.5, 0.6) is 5.75 Å². The fourth-order valence-electron chi connectivity index (χ4n) is 2.94. The number of aliphatic carboxylic acids is 1. The highest BCUT2D eigenvalue weighted by Crippen LogP contribution is 2.12. The van der Waals surface area contributed by atoms with Crippen LogP contribution in [-0.2, 0) is 32.0 Å². The third-order valence-electron chi connectivity index (χ3n) is 4.83. The Morgan fingerprint density at radius 3 is 2.09 bits per heavy atom. The summed E-state index contributed by atoms with van der Waals surface area (Å²) in [6.07, 6.45) is 2.65. The number of H-pyrrole nitrogens is 1. The van der Waals surface area contributed by atoms with Crippen molar-refractivity contribution in [3.05, 3.63) is 48.0 Å². The second kappa shape index (κ2) is 12.3. The number of phenolic OH excluding ortho intramolecular Hbond substituents is 1. The van der Waals surface area contributed by atoms with Gasteiger partial charge in [0.2, 0.25) is 17.7 Å². The molecule has 0 saturated heterocycles. The van der Waals surface area contributed by atoms with Gasteiger partial charge in [-0.05, 0) is 24.6 Å². The number of imidazole rings is 1. The normalized spacial score (nSPS) is 14.3. The number of carbonyl (C=O) groups excluding carboxylic acids is 3. The van der Waals surface area contributed by atoms with Crippen LogP contribution in [0.25, 0.3) is 0 Å². The molecule has 2 rings (SSSR count). The molecule has 0 radical (unpaired) electrons. The predicted molar refractivity (Wildman–Crippen MR) is 118 cm³/mol. The molecule has 3 amide bonds. The van der Waals surface area contributed by atoms with Gasteiger partial charge in [-0.2, -0.15) is 0 Å². The van der Waals surface area contributed by atoms with E-state index in [9.17, 15) is 34.5 Å². The van der Waals surface area contributed by atoms with Crippen molar-refractivity contribution in [2.75, 3.05) is 6.61 Å². The molecule has 0 saturated carbocycles. The number of rotatable bonds is 12. The first kappa shape index (κ1) is 26.3. The van der Waals surface area contributed by atoms with Crippen LogP contribution in [0.3, 0.4) is 0 Å². The van der Waals surface area contributed by atoms with E-state index >= 15 is 0 Å². The monoisotopic (exact) mass is 476 g/mol. The van der Waals surface area contributed by atoms with Crippen LogP contribution in [0, 0.1) is 0 Å². The molecule has 0 spiro atoms. The molecule has 4 atom stereocenters. The van der Waals surface area contributed by atoms with E-state index < -0.39 is 54.5 Å². The lowest BCUT2D eigenvalue weighted by molar-refractivity contribution is -0.142. The van der Waals surface area contributed by atoms with Gasteiger partial charge in [-0.1, -0.05) is 12.1 Å². The van der Waals surface area contributed by atoms with Crippen molar-refractivity contribution in [1.29, 1.82) is 0 Å². The molecule has 0 aliphatic rings. The average molecular weight is 476 g/mol. The summed E-state index contributed by atoms with van der Waals surface area (Å²) in [6, 6.07) is 0.949. The van der Waals surface area contributed by atoms with Crippen LogP contribution in [0.15, 0.2) is 36.8 Å². The average Bonchev–Trinajstić information content (AvgIpc) is 3.30. The van der Waals surface area contributed by atoms with E-state index in [1.54, 1.807) is 0 Å². The van der Waals surface area contributed by atoms with E-state index in [0.29, 0.717) is 11.3 Å². The summed E-state index contributed by atoms with van der Waals surface area (Å²) in [5.74, 6) is -3.65. The number of aliphatic hydroxyl groups is 1. The van der Waals surface area contributed by atoms with Crippen molar-refractivity contribution >= 4 is 23.7 Å². The number of benzene rings is 1. The maximum Gasteiger partial charge on any atom is 0.326 e. The lowest BCUT2D eigenvalue weighted by Crippen LogP contribution is -2.58. The SMILES string of the molecule is CC(N)C(=O)NC(CO)C(=O)NC(Cc1ccc(O)cc1)C(=O)NC(Cc1cnc[nH]1)C(=O)O. The summed E-state index contributed by atoms with van der Waals surface area (Å²) >= 11 is 0. The number of nitrogens with one attached hydrogen (secondary N) is 4. The number of aliphatic hydroxyl groups excluding tert-OH is 1. The van der Waals surface area contributed by atoms with Crippen LogP contribution in [0.1, 0.15) is 18.2 Å². The number of aromatic amines is 1. The summed E-state index contributed by atoms with van der Waals surface area (Å²) in [6.45, 7) is 0.643. The molecule has 1 heterocycles. The van der Waals surface area contributed by atoms with Crippen molar-refractivity contribution < 1.29 is 34.5 Å². The van der Waals surface area contributed by atoms with Crippen molar-refractivity contribution in [3.63, 3.8) is 0 Å². The fourth-order valence-corrected chi connectivity index (χ4v) is 2.94. The highest BCUT2D eigenvalue weighted by molar-refractivity contribution is 5.94. The van der Waals surface area contributed by atoms with Gasteiger partial charge in [-0.25, -0.2) is 9.78 Å². The summed E-state index contributed by atoms with van der Waals surface area (Å²) in [7, 11) is 0. The van der Waals surface area contributed by atoms with E-state index in [1.807, 2.05) is 0 Å². The Labute approximate surface area is 194 Å². The zero-order valence-electron chi connectivity index (χ0n) is 18.4. The van der Waals surface area contributed by atoms with Gasteiger partial charge in [0.15, 0.2) is 0 Å². The van der Waals surface area contributed by atoms with Crippen molar-refractivity contribution in [1.82, 2.24) is 25.9 Å². The molecule has 2 aromatic rings. The minimum absolute atomic E-state index is 0.00162. The second-order valence-electron chi connectivity index (χ2n) is 7.64. The number of carbonyl (C=O) groups is 4. The molecular weight excluding hydrogens is 448 g/mol. The fraction of sp³-hybridized carbons (Fsp3) is 0.381. The number of nitrogens with zero attached hydrogens (tertiary/aromatic N) is 1. The number of carboxylic acids is 1. The Morgan fingerprint density at radius 2 is 1.56 bits per heavy atom. The molecular formula is C21H28N6O7. The lowest BCUT2D eigenvalue weighted by Gasteiger charge is -2.24. The lowest BCUT2D eigenvalue weighted by atomic mass is 10.0. The summed E-state index contributed by atoms with van der Waals surface area (Å²) in [5, 5.41) is 35.6. The van der Waals surface area contributed by atoms with Gasteiger partial charge in [-0.3, -0.25) is 14.4 Å². The first-order valence-electron chi connectivity index (χ1n) is 10.4. The highest BCUT2D eigenvalue weighted by atomic mass is 16.4. The highest BCUT2D eigenvalue weighted by Gasteiger charge is 2.30. The van der Waals surface area contributed by atoms with Gasteiger partial charge in [0.05, 0.1) is 19.0 Å². The van der Waals surface area contributed by atoms with E-state index in [1.165, 1.54) is 43.7 Å². The molecule has 0 fully saturated rings. The minimum Gasteiger partial charge on any atom is -0.508 e. The zero-order chi connectivity index (χ0) is 25.3. The van der Waals surface area contributed by atoms with Crippen LogP contribution in [0.2, 0.25) is 0 Å². The predicted octanol–water partition coefficient (Wildman–Crippen LogP) is -2.22. The Morgan fingerprint density at radius 1 is 0.971 bits per heavy atom. The van der Waals surface area contributed by atoms with E-state index in [2.05, 4.69) is 25.9 Å². The standard InChI is InChI=1S/C21H28N6O7/c1-11(22)18(30)27-17(9-28)20(32)25-15(6-12-2-4-14(29)5-3-12)19(31)26-16(21(33)34)7-13-8-23-10-24-13/h2-5,8,10-11,15-17,28-29H,6-7,9,22H2,1H3,(H,23,24)(H,25,32)(H,26,31)(H,27,30)(H,33,34). The van der Waals surface area contributed by atoms with Gasteiger partial charge < -0.3 is 42.0 Å². The van der Waals surface area contributed by atoms with Crippen LogP contribution in [-0.4, -0.2) is 79.8 Å². The van der Waals surface area contributed by atoms with Crippen LogP contribution < -0.4 is 21.7 Å². The number of amides is 3. The van der Waals surface area contributed by atoms with Crippen LogP contribution >= 0.6 is 0 Å². The largest absolute Gasteiger partial charge is 0.508 e.